The molecule has 2 nitrogen and oxygen atoms in total. The van der Waals surface area contributed by atoms with E-state index in [1.165, 1.54) is 11.1 Å². The minimum Gasteiger partial charge on any atom is -0.481 e. The molecule has 1 aliphatic rings. The second kappa shape index (κ2) is 6.47. The second-order valence-corrected chi connectivity index (χ2v) is 6.73. The number of thioether (sulfide) groups is 1. The topological polar surface area (TPSA) is 37.3 Å². The van der Waals surface area contributed by atoms with E-state index in [9.17, 15) is 9.90 Å². The number of fused-ring (bicyclic) bond motifs is 1. The first-order valence-corrected chi connectivity index (χ1v) is 8.21. The molecule has 2 rings (SSSR count). The molecule has 0 aliphatic heterocycles. The van der Waals surface area contributed by atoms with Crippen molar-refractivity contribution < 1.29 is 9.90 Å². The number of carbonyl (C=O) groups is 1. The third-order valence-electron chi connectivity index (χ3n) is 4.12. The Kier molecular flexibility index (Phi) is 4.92. The molecule has 0 spiro atoms. The fourth-order valence-corrected chi connectivity index (χ4v) is 3.60. The summed E-state index contributed by atoms with van der Waals surface area (Å²) in [6, 6.07) is 8.29. The lowest BCUT2D eigenvalue weighted by Gasteiger charge is -2.34. The summed E-state index contributed by atoms with van der Waals surface area (Å²) in [6.45, 7) is 2.15. The quantitative estimate of drug-likeness (QED) is 0.805. The van der Waals surface area contributed by atoms with Gasteiger partial charge in [0.05, 0.1) is 5.41 Å². The zero-order valence-corrected chi connectivity index (χ0v) is 12.3. The Morgan fingerprint density at radius 3 is 2.79 bits per heavy atom. The van der Waals surface area contributed by atoms with Crippen LogP contribution in [0.25, 0.3) is 0 Å². The minimum absolute atomic E-state index is 0.525. The van der Waals surface area contributed by atoms with Crippen LogP contribution in [0.4, 0.5) is 0 Å². The van der Waals surface area contributed by atoms with Crippen molar-refractivity contribution in [1.29, 1.82) is 0 Å². The minimum atomic E-state index is -0.608. The van der Waals surface area contributed by atoms with E-state index in [0.717, 1.165) is 37.2 Å². The van der Waals surface area contributed by atoms with Gasteiger partial charge in [0.25, 0.3) is 0 Å². The standard InChI is InChI=1S/C16H22O2S/c1-2-19-11-5-9-16(15(17)18)10-8-13-6-3-4-7-14(13)12-16/h3-4,6-7H,2,5,8-12H2,1H3,(H,17,18). The van der Waals surface area contributed by atoms with Crippen molar-refractivity contribution in [2.24, 2.45) is 5.41 Å². The van der Waals surface area contributed by atoms with Gasteiger partial charge < -0.3 is 5.11 Å². The first-order valence-electron chi connectivity index (χ1n) is 7.06. The molecule has 0 saturated carbocycles. The summed E-state index contributed by atoms with van der Waals surface area (Å²) in [6.07, 6.45) is 4.21. The van der Waals surface area contributed by atoms with Crippen molar-refractivity contribution in [2.75, 3.05) is 11.5 Å². The van der Waals surface area contributed by atoms with Crippen LogP contribution >= 0.6 is 11.8 Å². The lowest BCUT2D eigenvalue weighted by molar-refractivity contribution is -0.150. The summed E-state index contributed by atoms with van der Waals surface area (Å²) in [5, 5.41) is 9.66. The summed E-state index contributed by atoms with van der Waals surface area (Å²) in [7, 11) is 0. The maximum Gasteiger partial charge on any atom is 0.309 e. The Balaban J connectivity index is 2.08. The lowest BCUT2D eigenvalue weighted by Crippen LogP contribution is -2.37. The monoisotopic (exact) mass is 278 g/mol. The van der Waals surface area contributed by atoms with Gasteiger partial charge in [0.15, 0.2) is 0 Å². The number of aryl methyl sites for hydroxylation is 1. The van der Waals surface area contributed by atoms with Crippen LogP contribution in [0.3, 0.4) is 0 Å². The normalized spacial score (nSPS) is 21.9. The van der Waals surface area contributed by atoms with Crippen molar-refractivity contribution in [3.8, 4) is 0 Å². The molecule has 1 aromatic rings. The highest BCUT2D eigenvalue weighted by atomic mass is 32.2. The molecule has 1 N–H and O–H groups in total. The van der Waals surface area contributed by atoms with Crippen LogP contribution < -0.4 is 0 Å². The maximum absolute atomic E-state index is 11.7. The summed E-state index contributed by atoms with van der Waals surface area (Å²) in [4.78, 5) is 11.7. The van der Waals surface area contributed by atoms with Crippen LogP contribution in [0.15, 0.2) is 24.3 Å². The summed E-state index contributed by atoms with van der Waals surface area (Å²) < 4.78 is 0. The average molecular weight is 278 g/mol. The molecule has 0 aromatic heterocycles. The molecule has 0 bridgehead atoms. The summed E-state index contributed by atoms with van der Waals surface area (Å²) >= 11 is 1.90. The van der Waals surface area contributed by atoms with Crippen LogP contribution in [0.2, 0.25) is 0 Å². The molecule has 1 aliphatic carbocycles. The molecule has 1 atom stereocenters. The molecule has 104 valence electrons. The smallest absolute Gasteiger partial charge is 0.309 e. The van der Waals surface area contributed by atoms with Crippen molar-refractivity contribution in [3.63, 3.8) is 0 Å². The number of hydrogen-bond donors (Lipinski definition) is 1. The zero-order valence-electron chi connectivity index (χ0n) is 11.5. The lowest BCUT2D eigenvalue weighted by atomic mass is 9.69. The van der Waals surface area contributed by atoms with Crippen LogP contribution in [0.5, 0.6) is 0 Å². The van der Waals surface area contributed by atoms with Crippen molar-refractivity contribution in [3.05, 3.63) is 35.4 Å². The Morgan fingerprint density at radius 2 is 2.11 bits per heavy atom. The third-order valence-corrected chi connectivity index (χ3v) is 5.11. The van der Waals surface area contributed by atoms with Gasteiger partial charge in [-0.15, -0.1) is 0 Å². The van der Waals surface area contributed by atoms with E-state index in [1.807, 2.05) is 23.9 Å². The molecular weight excluding hydrogens is 256 g/mol. The Labute approximate surface area is 119 Å². The van der Waals surface area contributed by atoms with Gasteiger partial charge in [-0.2, -0.15) is 11.8 Å². The maximum atomic E-state index is 11.7. The van der Waals surface area contributed by atoms with Crippen LogP contribution in [0, 0.1) is 5.41 Å². The molecule has 3 heteroatoms. The van der Waals surface area contributed by atoms with Gasteiger partial charge >= 0.3 is 5.97 Å². The van der Waals surface area contributed by atoms with Crippen LogP contribution in [-0.2, 0) is 17.6 Å². The first-order chi connectivity index (χ1) is 9.18. The highest BCUT2D eigenvalue weighted by Crippen LogP contribution is 2.39. The highest BCUT2D eigenvalue weighted by Gasteiger charge is 2.40. The van der Waals surface area contributed by atoms with Gasteiger partial charge in [-0.3, -0.25) is 4.79 Å². The van der Waals surface area contributed by atoms with Crippen LogP contribution in [-0.4, -0.2) is 22.6 Å². The highest BCUT2D eigenvalue weighted by molar-refractivity contribution is 7.99. The largest absolute Gasteiger partial charge is 0.481 e. The van der Waals surface area contributed by atoms with Gasteiger partial charge in [-0.05, 0) is 54.7 Å². The zero-order chi connectivity index (χ0) is 13.7. The van der Waals surface area contributed by atoms with E-state index in [-0.39, 0.29) is 0 Å². The molecule has 0 fully saturated rings. The number of carboxylic acids is 1. The van der Waals surface area contributed by atoms with Gasteiger partial charge in [-0.1, -0.05) is 31.2 Å². The molecule has 19 heavy (non-hydrogen) atoms. The SMILES string of the molecule is CCSCCCC1(C(=O)O)CCc2ccccc2C1. The molecule has 0 heterocycles. The number of aliphatic carboxylic acids is 1. The van der Waals surface area contributed by atoms with Crippen LogP contribution in [0.1, 0.15) is 37.3 Å². The number of carboxylic acid groups (broad SMARTS) is 1. The predicted octanol–water partition coefficient (Wildman–Crippen LogP) is 3.78. The molecule has 0 saturated heterocycles. The van der Waals surface area contributed by atoms with Gasteiger partial charge in [-0.25, -0.2) is 0 Å². The predicted molar refractivity (Wildman–Crippen MR) is 80.8 cm³/mol. The molecule has 1 aromatic carbocycles. The van der Waals surface area contributed by atoms with Crippen molar-refractivity contribution in [2.45, 2.75) is 39.0 Å². The van der Waals surface area contributed by atoms with E-state index in [0.29, 0.717) is 6.42 Å². The fourth-order valence-electron chi connectivity index (χ4n) is 2.96. The number of rotatable bonds is 6. The Hall–Kier alpha value is -0.960. The molecule has 0 radical (unpaired) electrons. The number of hydrogen-bond acceptors (Lipinski definition) is 2. The van der Waals surface area contributed by atoms with E-state index >= 15 is 0 Å². The molecule has 1 unspecified atom stereocenters. The molecular formula is C16H22O2S. The first kappa shape index (κ1) is 14.4. The van der Waals surface area contributed by atoms with E-state index < -0.39 is 11.4 Å². The van der Waals surface area contributed by atoms with Gasteiger partial charge in [0, 0.05) is 0 Å². The fraction of sp³-hybridized carbons (Fsp3) is 0.562. The number of benzene rings is 1. The van der Waals surface area contributed by atoms with Gasteiger partial charge in [0.2, 0.25) is 0 Å². The average Bonchev–Trinajstić information content (AvgIpc) is 2.43. The van der Waals surface area contributed by atoms with E-state index in [2.05, 4.69) is 19.1 Å². The third kappa shape index (κ3) is 3.33. The van der Waals surface area contributed by atoms with Crippen molar-refractivity contribution in [1.82, 2.24) is 0 Å². The second-order valence-electron chi connectivity index (χ2n) is 5.33. The Bertz CT molecular complexity index is 444. The van der Waals surface area contributed by atoms with Crippen molar-refractivity contribution >= 4 is 17.7 Å². The Morgan fingerprint density at radius 1 is 1.37 bits per heavy atom. The van der Waals surface area contributed by atoms with E-state index in [1.54, 1.807) is 0 Å². The molecule has 0 amide bonds. The van der Waals surface area contributed by atoms with E-state index in [4.69, 9.17) is 0 Å². The van der Waals surface area contributed by atoms with Gasteiger partial charge in [0.1, 0.15) is 0 Å². The summed E-state index contributed by atoms with van der Waals surface area (Å²) in [5.74, 6) is 1.58. The summed E-state index contributed by atoms with van der Waals surface area (Å²) in [5.41, 5.74) is 2.05.